The molecule has 0 unspecified atom stereocenters. The average molecular weight is 260 g/mol. The van der Waals surface area contributed by atoms with Crippen molar-refractivity contribution in [3.8, 4) is 0 Å². The summed E-state index contributed by atoms with van der Waals surface area (Å²) >= 11 is 0. The number of rotatable bonds is 5. The predicted octanol–water partition coefficient (Wildman–Crippen LogP) is 1.81. The standard InChI is InChI=1S/C15H24N4/c1-12-11-13(5-6-14(12)15(16)17)18(2)9-10-19-7-3-4-8-19/h5-6,11H,3-4,7-10H2,1-2H3,(H3,16,17). The van der Waals surface area contributed by atoms with Crippen molar-refractivity contribution in [1.82, 2.24) is 4.90 Å². The molecule has 1 aliphatic heterocycles. The van der Waals surface area contributed by atoms with E-state index in [9.17, 15) is 0 Å². The van der Waals surface area contributed by atoms with Crippen LogP contribution in [-0.2, 0) is 0 Å². The van der Waals surface area contributed by atoms with Crippen LogP contribution in [0.5, 0.6) is 0 Å². The Labute approximate surface area is 115 Å². The highest BCUT2D eigenvalue weighted by atomic mass is 15.2. The van der Waals surface area contributed by atoms with Crippen molar-refractivity contribution < 1.29 is 0 Å². The number of nitrogens with zero attached hydrogens (tertiary/aromatic N) is 2. The Morgan fingerprint density at radius 2 is 2.05 bits per heavy atom. The van der Waals surface area contributed by atoms with Crippen molar-refractivity contribution in [2.45, 2.75) is 19.8 Å². The van der Waals surface area contributed by atoms with Gasteiger partial charge in [0.1, 0.15) is 5.84 Å². The minimum absolute atomic E-state index is 0.142. The van der Waals surface area contributed by atoms with Gasteiger partial charge in [-0.25, -0.2) is 0 Å². The SMILES string of the molecule is Cc1cc(N(C)CCN2CCCC2)ccc1C(=N)N. The van der Waals surface area contributed by atoms with E-state index in [0.717, 1.165) is 24.2 Å². The molecule has 0 amide bonds. The lowest BCUT2D eigenvalue weighted by Gasteiger charge is -2.24. The van der Waals surface area contributed by atoms with Crippen LogP contribution in [0.1, 0.15) is 24.0 Å². The molecule has 4 nitrogen and oxygen atoms in total. The fourth-order valence-corrected chi connectivity index (χ4v) is 2.61. The molecule has 0 bridgehead atoms. The third-order valence-electron chi connectivity index (χ3n) is 3.89. The molecular weight excluding hydrogens is 236 g/mol. The molecule has 3 N–H and O–H groups in total. The van der Waals surface area contributed by atoms with Crippen LogP contribution in [0, 0.1) is 12.3 Å². The number of nitrogen functional groups attached to an aromatic ring is 1. The van der Waals surface area contributed by atoms with Crippen LogP contribution in [0.2, 0.25) is 0 Å². The molecule has 2 rings (SSSR count). The summed E-state index contributed by atoms with van der Waals surface area (Å²) in [6, 6.07) is 6.10. The molecule has 0 spiro atoms. The number of aryl methyl sites for hydroxylation is 1. The monoisotopic (exact) mass is 260 g/mol. The van der Waals surface area contributed by atoms with E-state index in [1.165, 1.54) is 31.6 Å². The first-order valence-corrected chi connectivity index (χ1v) is 6.96. The van der Waals surface area contributed by atoms with Gasteiger partial charge in [0.15, 0.2) is 0 Å². The van der Waals surface area contributed by atoms with Gasteiger partial charge in [0.2, 0.25) is 0 Å². The van der Waals surface area contributed by atoms with E-state index in [0.29, 0.717) is 0 Å². The lowest BCUT2D eigenvalue weighted by atomic mass is 10.1. The largest absolute Gasteiger partial charge is 0.384 e. The third kappa shape index (κ3) is 3.47. The van der Waals surface area contributed by atoms with Crippen LogP contribution in [0.15, 0.2) is 18.2 Å². The molecule has 4 heteroatoms. The van der Waals surface area contributed by atoms with Crippen LogP contribution in [-0.4, -0.2) is 44.0 Å². The fourth-order valence-electron chi connectivity index (χ4n) is 2.61. The topological polar surface area (TPSA) is 56.4 Å². The molecule has 1 fully saturated rings. The van der Waals surface area contributed by atoms with Crippen LogP contribution in [0.4, 0.5) is 5.69 Å². The van der Waals surface area contributed by atoms with Crippen molar-refractivity contribution in [1.29, 1.82) is 5.41 Å². The quantitative estimate of drug-likeness (QED) is 0.627. The van der Waals surface area contributed by atoms with Crippen LogP contribution < -0.4 is 10.6 Å². The zero-order valence-electron chi connectivity index (χ0n) is 11.9. The van der Waals surface area contributed by atoms with E-state index in [4.69, 9.17) is 11.1 Å². The Bertz CT molecular complexity index is 449. The van der Waals surface area contributed by atoms with Gasteiger partial charge in [-0.1, -0.05) is 0 Å². The number of hydrogen-bond acceptors (Lipinski definition) is 3. The normalized spacial score (nSPS) is 15.7. The summed E-state index contributed by atoms with van der Waals surface area (Å²) < 4.78 is 0. The summed E-state index contributed by atoms with van der Waals surface area (Å²) in [5.41, 5.74) is 8.64. The number of likely N-dealkylation sites (N-methyl/N-ethyl adjacent to an activating group) is 1. The molecule has 0 aliphatic carbocycles. The highest BCUT2D eigenvalue weighted by Gasteiger charge is 2.12. The van der Waals surface area contributed by atoms with Gasteiger partial charge in [-0.05, 0) is 56.6 Å². The first-order valence-electron chi connectivity index (χ1n) is 6.96. The van der Waals surface area contributed by atoms with Crippen molar-refractivity contribution in [2.75, 3.05) is 38.1 Å². The van der Waals surface area contributed by atoms with Gasteiger partial charge in [0.05, 0.1) is 0 Å². The maximum Gasteiger partial charge on any atom is 0.123 e. The van der Waals surface area contributed by atoms with E-state index in [1.54, 1.807) is 0 Å². The molecule has 1 saturated heterocycles. The Hall–Kier alpha value is -1.55. The minimum Gasteiger partial charge on any atom is -0.384 e. The number of likely N-dealkylation sites (tertiary alicyclic amines) is 1. The van der Waals surface area contributed by atoms with Gasteiger partial charge in [0, 0.05) is 31.4 Å². The lowest BCUT2D eigenvalue weighted by Crippen LogP contribution is -2.31. The van der Waals surface area contributed by atoms with Gasteiger partial charge >= 0.3 is 0 Å². The van der Waals surface area contributed by atoms with Gasteiger partial charge in [-0.15, -0.1) is 0 Å². The second-order valence-electron chi connectivity index (χ2n) is 5.38. The van der Waals surface area contributed by atoms with Crippen LogP contribution in [0.25, 0.3) is 0 Å². The third-order valence-corrected chi connectivity index (χ3v) is 3.89. The van der Waals surface area contributed by atoms with Crippen molar-refractivity contribution >= 4 is 11.5 Å². The molecular formula is C15H24N4. The maximum absolute atomic E-state index is 7.51. The molecule has 1 aromatic carbocycles. The van der Waals surface area contributed by atoms with Gasteiger partial charge in [0.25, 0.3) is 0 Å². The molecule has 0 atom stereocenters. The van der Waals surface area contributed by atoms with Gasteiger partial charge in [-0.3, -0.25) is 5.41 Å². The first kappa shape index (κ1) is 13.9. The van der Waals surface area contributed by atoms with Crippen molar-refractivity contribution in [2.24, 2.45) is 5.73 Å². The second-order valence-corrected chi connectivity index (χ2v) is 5.38. The number of anilines is 1. The molecule has 1 aliphatic rings. The molecule has 104 valence electrons. The number of nitrogens with one attached hydrogen (secondary N) is 1. The number of nitrogens with two attached hydrogens (primary N) is 1. The van der Waals surface area contributed by atoms with Crippen LogP contribution >= 0.6 is 0 Å². The summed E-state index contributed by atoms with van der Waals surface area (Å²) in [6.07, 6.45) is 2.69. The lowest BCUT2D eigenvalue weighted by molar-refractivity contribution is 0.346. The fraction of sp³-hybridized carbons (Fsp3) is 0.533. The summed E-state index contributed by atoms with van der Waals surface area (Å²) in [5, 5.41) is 7.51. The highest BCUT2D eigenvalue weighted by Crippen LogP contribution is 2.18. The zero-order valence-corrected chi connectivity index (χ0v) is 11.9. The van der Waals surface area contributed by atoms with Crippen molar-refractivity contribution in [3.63, 3.8) is 0 Å². The van der Waals surface area contributed by atoms with E-state index >= 15 is 0 Å². The number of benzene rings is 1. The summed E-state index contributed by atoms with van der Waals surface area (Å²) in [7, 11) is 2.12. The first-order chi connectivity index (χ1) is 9.08. The maximum atomic E-state index is 7.51. The summed E-state index contributed by atoms with van der Waals surface area (Å²) in [6.45, 7) is 6.67. The molecule has 0 radical (unpaired) electrons. The minimum atomic E-state index is 0.142. The van der Waals surface area contributed by atoms with Crippen molar-refractivity contribution in [3.05, 3.63) is 29.3 Å². The molecule has 19 heavy (non-hydrogen) atoms. The zero-order chi connectivity index (χ0) is 13.8. The van der Waals surface area contributed by atoms with E-state index in [2.05, 4.69) is 22.9 Å². The molecule has 0 saturated carbocycles. The Morgan fingerprint density at radius 3 is 2.63 bits per heavy atom. The Kier molecular flexibility index (Phi) is 4.43. The summed E-state index contributed by atoms with van der Waals surface area (Å²) in [5.74, 6) is 0.142. The number of hydrogen-bond donors (Lipinski definition) is 2. The molecule has 1 heterocycles. The van der Waals surface area contributed by atoms with Gasteiger partial charge in [-0.2, -0.15) is 0 Å². The van der Waals surface area contributed by atoms with Crippen LogP contribution in [0.3, 0.4) is 0 Å². The average Bonchev–Trinajstić information content (AvgIpc) is 2.88. The predicted molar refractivity (Wildman–Crippen MR) is 81.1 cm³/mol. The second kappa shape index (κ2) is 6.06. The molecule has 1 aromatic rings. The Morgan fingerprint density at radius 1 is 1.37 bits per heavy atom. The van der Waals surface area contributed by atoms with E-state index in [1.807, 2.05) is 19.1 Å². The highest BCUT2D eigenvalue weighted by molar-refractivity contribution is 5.96. The smallest absolute Gasteiger partial charge is 0.123 e. The molecule has 0 aromatic heterocycles. The summed E-state index contributed by atoms with van der Waals surface area (Å²) in [4.78, 5) is 4.79. The van der Waals surface area contributed by atoms with E-state index < -0.39 is 0 Å². The van der Waals surface area contributed by atoms with Gasteiger partial charge < -0.3 is 15.5 Å². The Balaban J connectivity index is 1.96. The number of amidine groups is 1. The van der Waals surface area contributed by atoms with E-state index in [-0.39, 0.29) is 5.84 Å².